The van der Waals surface area contributed by atoms with Crippen LogP contribution in [0.25, 0.3) is 0 Å². The molecule has 1 heterocycles. The molecule has 8 heteroatoms. The van der Waals surface area contributed by atoms with Crippen LogP contribution in [0.5, 0.6) is 5.75 Å². The van der Waals surface area contributed by atoms with Crippen molar-refractivity contribution in [2.45, 2.75) is 18.9 Å². The molecule has 0 aliphatic carbocycles. The van der Waals surface area contributed by atoms with Crippen molar-refractivity contribution in [3.63, 3.8) is 0 Å². The van der Waals surface area contributed by atoms with E-state index >= 15 is 0 Å². The lowest BCUT2D eigenvalue weighted by molar-refractivity contribution is -0.131. The van der Waals surface area contributed by atoms with Crippen LogP contribution in [0.3, 0.4) is 0 Å². The van der Waals surface area contributed by atoms with Crippen molar-refractivity contribution in [2.24, 2.45) is 0 Å². The molecule has 6 nitrogen and oxygen atoms in total. The second-order valence-corrected chi connectivity index (χ2v) is 6.34. The molecule has 1 atom stereocenters. The Hall–Kier alpha value is -1.92. The first kappa shape index (κ1) is 18.4. The molecule has 0 spiro atoms. The molecular formula is C16H19Cl2N3O3. The van der Waals surface area contributed by atoms with Crippen molar-refractivity contribution in [3.8, 4) is 5.75 Å². The first-order valence-corrected chi connectivity index (χ1v) is 8.29. The maximum Gasteiger partial charge on any atom is 0.243 e. The number of phenols is 1. The smallest absolute Gasteiger partial charge is 0.243 e. The molecule has 1 fully saturated rings. The number of rotatable bonds is 5. The molecule has 24 heavy (non-hydrogen) atoms. The summed E-state index contributed by atoms with van der Waals surface area (Å²) in [4.78, 5) is 25.4. The van der Waals surface area contributed by atoms with Crippen LogP contribution < -0.4 is 10.6 Å². The van der Waals surface area contributed by atoms with Gasteiger partial charge >= 0.3 is 0 Å². The number of likely N-dealkylation sites (tertiary alicyclic amines) is 1. The zero-order valence-electron chi connectivity index (χ0n) is 13.0. The Bertz CT molecular complexity index is 652. The second-order valence-electron chi connectivity index (χ2n) is 5.53. The van der Waals surface area contributed by atoms with E-state index in [-0.39, 0.29) is 40.2 Å². The van der Waals surface area contributed by atoms with Crippen LogP contribution in [0.4, 0.5) is 5.69 Å². The Morgan fingerprint density at radius 2 is 2.08 bits per heavy atom. The number of phenolic OH excluding ortho intramolecular Hbond substituents is 1. The van der Waals surface area contributed by atoms with Crippen molar-refractivity contribution in [1.29, 1.82) is 0 Å². The van der Waals surface area contributed by atoms with Crippen molar-refractivity contribution in [1.82, 2.24) is 10.2 Å². The lowest BCUT2D eigenvalue weighted by Crippen LogP contribution is -2.50. The van der Waals surface area contributed by atoms with Crippen LogP contribution in [0.15, 0.2) is 24.8 Å². The fraction of sp³-hybridized carbons (Fsp3) is 0.375. The number of halogens is 2. The molecule has 0 unspecified atom stereocenters. The molecule has 1 saturated heterocycles. The highest BCUT2D eigenvalue weighted by atomic mass is 35.5. The minimum Gasteiger partial charge on any atom is -0.506 e. The van der Waals surface area contributed by atoms with E-state index in [0.717, 1.165) is 12.8 Å². The SMILES string of the molecule is C=CC(=O)N[C@@H]1CCCN(C(=O)CNc2cc(Cl)c(Cl)cc2O)C1. The summed E-state index contributed by atoms with van der Waals surface area (Å²) in [6, 6.07) is 2.71. The van der Waals surface area contributed by atoms with Crippen LogP contribution in [0.2, 0.25) is 10.0 Å². The molecular weight excluding hydrogens is 353 g/mol. The van der Waals surface area contributed by atoms with E-state index < -0.39 is 0 Å². The van der Waals surface area contributed by atoms with Gasteiger partial charge in [0.15, 0.2) is 0 Å². The van der Waals surface area contributed by atoms with Crippen LogP contribution in [-0.2, 0) is 9.59 Å². The molecule has 0 radical (unpaired) electrons. The van der Waals surface area contributed by atoms with E-state index in [0.29, 0.717) is 18.8 Å². The van der Waals surface area contributed by atoms with Gasteiger partial charge in [0.2, 0.25) is 11.8 Å². The summed E-state index contributed by atoms with van der Waals surface area (Å²) in [5, 5.41) is 16.0. The third kappa shape index (κ3) is 4.79. The maximum atomic E-state index is 12.3. The highest BCUT2D eigenvalue weighted by molar-refractivity contribution is 6.42. The molecule has 1 aliphatic rings. The quantitative estimate of drug-likeness (QED) is 0.548. The summed E-state index contributed by atoms with van der Waals surface area (Å²) in [5.74, 6) is -0.446. The minimum absolute atomic E-state index is 0.00759. The highest BCUT2D eigenvalue weighted by Gasteiger charge is 2.24. The third-order valence-electron chi connectivity index (χ3n) is 3.77. The Balaban J connectivity index is 1.91. The standard InChI is InChI=1S/C16H19Cl2N3O3/c1-2-15(23)20-10-4-3-5-21(9-10)16(24)8-19-13-6-11(17)12(18)7-14(13)22/h2,6-7,10,19,22H,1,3-5,8-9H2,(H,20,23)/t10-/m1/s1. The average Bonchev–Trinajstić information content (AvgIpc) is 2.56. The number of amides is 2. The van der Waals surface area contributed by atoms with E-state index in [1.807, 2.05) is 0 Å². The first-order chi connectivity index (χ1) is 11.4. The number of piperidine rings is 1. The van der Waals surface area contributed by atoms with Gasteiger partial charge < -0.3 is 20.6 Å². The average molecular weight is 372 g/mol. The van der Waals surface area contributed by atoms with Gasteiger partial charge in [-0.25, -0.2) is 0 Å². The van der Waals surface area contributed by atoms with Gasteiger partial charge in [-0.15, -0.1) is 0 Å². The molecule has 1 aliphatic heterocycles. The van der Waals surface area contributed by atoms with Crippen molar-refractivity contribution < 1.29 is 14.7 Å². The predicted octanol–water partition coefficient (Wildman–Crippen LogP) is 2.40. The normalized spacial score (nSPS) is 17.2. The summed E-state index contributed by atoms with van der Waals surface area (Å²) in [5.41, 5.74) is 0.339. The number of carbonyl (C=O) groups is 2. The number of nitrogens with zero attached hydrogens (tertiary/aromatic N) is 1. The number of anilines is 1. The molecule has 2 rings (SSSR count). The van der Waals surface area contributed by atoms with Crippen molar-refractivity contribution >= 4 is 40.7 Å². The van der Waals surface area contributed by atoms with E-state index in [9.17, 15) is 14.7 Å². The summed E-state index contributed by atoms with van der Waals surface area (Å²) in [6.45, 7) is 4.51. The van der Waals surface area contributed by atoms with Gasteiger partial charge in [-0.1, -0.05) is 29.8 Å². The number of benzene rings is 1. The summed E-state index contributed by atoms with van der Waals surface area (Å²) >= 11 is 11.7. The molecule has 2 amide bonds. The fourth-order valence-electron chi connectivity index (χ4n) is 2.54. The van der Waals surface area contributed by atoms with Gasteiger partial charge in [0.1, 0.15) is 5.75 Å². The molecule has 130 valence electrons. The number of aromatic hydroxyl groups is 1. The number of carbonyl (C=O) groups excluding carboxylic acids is 2. The zero-order chi connectivity index (χ0) is 17.7. The van der Waals surface area contributed by atoms with Crippen LogP contribution >= 0.6 is 23.2 Å². The molecule has 3 N–H and O–H groups in total. The van der Waals surface area contributed by atoms with Crippen molar-refractivity contribution in [2.75, 3.05) is 25.0 Å². The van der Waals surface area contributed by atoms with E-state index in [4.69, 9.17) is 23.2 Å². The molecule has 0 saturated carbocycles. The molecule has 0 aromatic heterocycles. The monoisotopic (exact) mass is 371 g/mol. The predicted molar refractivity (Wildman–Crippen MR) is 94.6 cm³/mol. The van der Waals surface area contributed by atoms with Gasteiger partial charge in [-0.3, -0.25) is 9.59 Å². The Kier molecular flexibility index (Phi) is 6.34. The fourth-order valence-corrected chi connectivity index (χ4v) is 2.86. The van der Waals surface area contributed by atoms with Gasteiger partial charge in [0, 0.05) is 25.2 Å². The first-order valence-electron chi connectivity index (χ1n) is 7.53. The van der Waals surface area contributed by atoms with E-state index in [1.54, 1.807) is 4.90 Å². The minimum atomic E-state index is -0.242. The number of hydrogen-bond donors (Lipinski definition) is 3. The Morgan fingerprint density at radius 3 is 2.79 bits per heavy atom. The van der Waals surface area contributed by atoms with Crippen LogP contribution in [-0.4, -0.2) is 47.5 Å². The summed E-state index contributed by atoms with van der Waals surface area (Å²) in [7, 11) is 0. The van der Waals surface area contributed by atoms with Crippen molar-refractivity contribution in [3.05, 3.63) is 34.8 Å². The van der Waals surface area contributed by atoms with Gasteiger partial charge in [0.05, 0.1) is 22.3 Å². The van der Waals surface area contributed by atoms with Crippen LogP contribution in [0.1, 0.15) is 12.8 Å². The molecule has 1 aromatic carbocycles. The lowest BCUT2D eigenvalue weighted by atomic mass is 10.1. The Morgan fingerprint density at radius 1 is 1.38 bits per heavy atom. The summed E-state index contributed by atoms with van der Waals surface area (Å²) < 4.78 is 0. The molecule has 0 bridgehead atoms. The third-order valence-corrected chi connectivity index (χ3v) is 4.50. The molecule has 1 aromatic rings. The van der Waals surface area contributed by atoms with Crippen LogP contribution in [0, 0.1) is 0 Å². The largest absolute Gasteiger partial charge is 0.506 e. The van der Waals surface area contributed by atoms with E-state index in [1.165, 1.54) is 18.2 Å². The van der Waals surface area contributed by atoms with E-state index in [2.05, 4.69) is 17.2 Å². The van der Waals surface area contributed by atoms with Gasteiger partial charge in [-0.2, -0.15) is 0 Å². The van der Waals surface area contributed by atoms with Gasteiger partial charge in [-0.05, 0) is 25.0 Å². The number of nitrogens with one attached hydrogen (secondary N) is 2. The second kappa shape index (κ2) is 8.26. The topological polar surface area (TPSA) is 81.7 Å². The number of hydrogen-bond acceptors (Lipinski definition) is 4. The highest BCUT2D eigenvalue weighted by Crippen LogP contribution is 2.33. The summed E-state index contributed by atoms with van der Waals surface area (Å²) in [6.07, 6.45) is 2.85. The lowest BCUT2D eigenvalue weighted by Gasteiger charge is -2.33. The maximum absolute atomic E-state index is 12.3. The zero-order valence-corrected chi connectivity index (χ0v) is 14.5. The van der Waals surface area contributed by atoms with Gasteiger partial charge in [0.25, 0.3) is 0 Å². The Labute approximate surface area is 150 Å².